The number of rotatable bonds is 2. The summed E-state index contributed by atoms with van der Waals surface area (Å²) in [6, 6.07) is 11.9. The lowest BCUT2D eigenvalue weighted by Gasteiger charge is -2.04. The van der Waals surface area contributed by atoms with Crippen molar-refractivity contribution in [3.63, 3.8) is 0 Å². The van der Waals surface area contributed by atoms with Gasteiger partial charge < -0.3 is 5.32 Å². The Morgan fingerprint density at radius 1 is 1.04 bits per heavy atom. The number of carbonyl (C=O) groups is 2. The number of carbonyl (C=O) groups excluding carboxylic acids is 2. The van der Waals surface area contributed by atoms with Crippen molar-refractivity contribution < 1.29 is 9.59 Å². The molecule has 0 fully saturated rings. The second-order valence-corrected chi connectivity index (χ2v) is 5.93. The minimum absolute atomic E-state index is 0.181. The van der Waals surface area contributed by atoms with Crippen LogP contribution in [-0.4, -0.2) is 16.4 Å². The Bertz CT molecular complexity index is 931. The Morgan fingerprint density at radius 3 is 2.48 bits per heavy atom. The van der Waals surface area contributed by atoms with Gasteiger partial charge in [0.15, 0.2) is 0 Å². The summed E-state index contributed by atoms with van der Waals surface area (Å²) in [6.07, 6.45) is 1.52. The van der Waals surface area contributed by atoms with Gasteiger partial charge in [-0.2, -0.15) is 0 Å². The molecule has 116 valence electrons. The molecule has 0 bridgehead atoms. The number of nitrogens with one attached hydrogen (secondary N) is 1. The van der Waals surface area contributed by atoms with Crippen molar-refractivity contribution in [2.45, 2.75) is 6.92 Å². The summed E-state index contributed by atoms with van der Waals surface area (Å²) in [5, 5.41) is 4.41. The van der Waals surface area contributed by atoms with Gasteiger partial charge in [0, 0.05) is 34.2 Å². The zero-order valence-electron chi connectivity index (χ0n) is 12.1. The van der Waals surface area contributed by atoms with E-state index in [4.69, 9.17) is 23.2 Å². The summed E-state index contributed by atoms with van der Waals surface area (Å²) in [5.41, 5.74) is 1.59. The fraction of sp³-hybridized carbons (Fsp3) is 0.0588. The number of anilines is 1. The maximum atomic E-state index is 12.6. The van der Waals surface area contributed by atoms with Crippen LogP contribution >= 0.6 is 23.2 Å². The molecule has 1 aromatic heterocycles. The monoisotopic (exact) mass is 346 g/mol. The Kier molecular flexibility index (Phi) is 4.11. The molecule has 1 amide bonds. The molecule has 23 heavy (non-hydrogen) atoms. The molecule has 0 saturated carbocycles. The lowest BCUT2D eigenvalue weighted by atomic mass is 10.1. The first-order valence-corrected chi connectivity index (χ1v) is 7.60. The van der Waals surface area contributed by atoms with E-state index in [2.05, 4.69) is 5.32 Å². The summed E-state index contributed by atoms with van der Waals surface area (Å²) in [6.45, 7) is 1.44. The van der Waals surface area contributed by atoms with Gasteiger partial charge in [-0.1, -0.05) is 29.3 Å². The van der Waals surface area contributed by atoms with E-state index < -0.39 is 0 Å². The van der Waals surface area contributed by atoms with Gasteiger partial charge in [-0.15, -0.1) is 0 Å². The third kappa shape index (κ3) is 3.09. The van der Waals surface area contributed by atoms with Crippen LogP contribution in [0.1, 0.15) is 22.1 Å². The van der Waals surface area contributed by atoms with Crippen molar-refractivity contribution in [2.75, 3.05) is 5.32 Å². The molecular formula is C17H12Cl2N2O2. The van der Waals surface area contributed by atoms with Gasteiger partial charge in [-0.3, -0.25) is 14.2 Å². The topological polar surface area (TPSA) is 51.1 Å². The van der Waals surface area contributed by atoms with Gasteiger partial charge in [0.1, 0.15) is 0 Å². The molecule has 0 saturated heterocycles. The lowest BCUT2D eigenvalue weighted by Crippen LogP contribution is -2.11. The van der Waals surface area contributed by atoms with Gasteiger partial charge in [0.25, 0.3) is 5.91 Å². The molecule has 0 unspecified atom stereocenters. The summed E-state index contributed by atoms with van der Waals surface area (Å²) in [5.74, 6) is -0.515. The SMILES string of the molecule is CC(=O)n1cc(C(=O)Nc2cccc(Cl)c2)c2cc(Cl)ccc21. The van der Waals surface area contributed by atoms with Crippen LogP contribution in [0, 0.1) is 0 Å². The largest absolute Gasteiger partial charge is 0.322 e. The molecule has 3 aromatic rings. The Labute approximate surface area is 142 Å². The fourth-order valence-electron chi connectivity index (χ4n) is 2.41. The number of hydrogen-bond acceptors (Lipinski definition) is 2. The van der Waals surface area contributed by atoms with Gasteiger partial charge >= 0.3 is 0 Å². The van der Waals surface area contributed by atoms with Crippen LogP contribution in [0.2, 0.25) is 10.0 Å². The van der Waals surface area contributed by atoms with Crippen LogP contribution in [0.25, 0.3) is 10.9 Å². The number of benzene rings is 2. The first-order chi connectivity index (χ1) is 11.0. The number of fused-ring (bicyclic) bond motifs is 1. The molecule has 0 atom stereocenters. The zero-order valence-corrected chi connectivity index (χ0v) is 13.7. The smallest absolute Gasteiger partial charge is 0.257 e. The predicted octanol–water partition coefficient (Wildman–Crippen LogP) is 4.86. The van der Waals surface area contributed by atoms with E-state index >= 15 is 0 Å². The zero-order chi connectivity index (χ0) is 16.6. The highest BCUT2D eigenvalue weighted by Crippen LogP contribution is 2.26. The third-order valence-electron chi connectivity index (χ3n) is 3.43. The molecule has 4 nitrogen and oxygen atoms in total. The highest BCUT2D eigenvalue weighted by molar-refractivity contribution is 6.32. The minimum Gasteiger partial charge on any atom is -0.322 e. The quantitative estimate of drug-likeness (QED) is 0.720. The molecule has 0 spiro atoms. The van der Waals surface area contributed by atoms with E-state index in [0.29, 0.717) is 32.2 Å². The molecule has 1 N–H and O–H groups in total. The maximum absolute atomic E-state index is 12.6. The van der Waals surface area contributed by atoms with Gasteiger partial charge in [0.05, 0.1) is 11.1 Å². The third-order valence-corrected chi connectivity index (χ3v) is 3.90. The van der Waals surface area contributed by atoms with Crippen molar-refractivity contribution in [1.29, 1.82) is 0 Å². The van der Waals surface area contributed by atoms with Gasteiger partial charge in [-0.25, -0.2) is 0 Å². The number of amides is 1. The normalized spacial score (nSPS) is 10.7. The van der Waals surface area contributed by atoms with Crippen LogP contribution < -0.4 is 5.32 Å². The highest BCUT2D eigenvalue weighted by atomic mass is 35.5. The summed E-state index contributed by atoms with van der Waals surface area (Å²) in [4.78, 5) is 24.3. The highest BCUT2D eigenvalue weighted by Gasteiger charge is 2.17. The summed E-state index contributed by atoms with van der Waals surface area (Å²) >= 11 is 11.9. The van der Waals surface area contributed by atoms with Gasteiger partial charge in [0.2, 0.25) is 5.91 Å². The maximum Gasteiger partial charge on any atom is 0.257 e. The predicted molar refractivity (Wildman–Crippen MR) is 92.7 cm³/mol. The summed E-state index contributed by atoms with van der Waals surface area (Å²) < 4.78 is 1.43. The van der Waals surface area contributed by atoms with Crippen molar-refractivity contribution in [2.24, 2.45) is 0 Å². The lowest BCUT2D eigenvalue weighted by molar-refractivity contribution is 0.0941. The second kappa shape index (κ2) is 6.07. The Balaban J connectivity index is 2.06. The second-order valence-electron chi connectivity index (χ2n) is 5.06. The van der Waals surface area contributed by atoms with E-state index in [-0.39, 0.29) is 11.8 Å². The van der Waals surface area contributed by atoms with E-state index in [1.54, 1.807) is 42.5 Å². The number of nitrogens with zero attached hydrogens (tertiary/aromatic N) is 1. The minimum atomic E-state index is -0.334. The van der Waals surface area contributed by atoms with E-state index in [1.807, 2.05) is 0 Å². The fourth-order valence-corrected chi connectivity index (χ4v) is 2.77. The van der Waals surface area contributed by atoms with Crippen molar-refractivity contribution in [3.05, 3.63) is 64.3 Å². The number of hydrogen-bond donors (Lipinski definition) is 1. The van der Waals surface area contributed by atoms with Crippen LogP contribution in [0.3, 0.4) is 0 Å². The molecule has 0 radical (unpaired) electrons. The average Bonchev–Trinajstić information content (AvgIpc) is 2.86. The molecular weight excluding hydrogens is 335 g/mol. The molecule has 0 aliphatic rings. The van der Waals surface area contributed by atoms with E-state index in [1.165, 1.54) is 17.7 Å². The van der Waals surface area contributed by atoms with E-state index in [9.17, 15) is 9.59 Å². The number of aromatic nitrogens is 1. The molecule has 1 heterocycles. The molecule has 6 heteroatoms. The molecule has 2 aromatic carbocycles. The van der Waals surface area contributed by atoms with Crippen molar-refractivity contribution in [1.82, 2.24) is 4.57 Å². The number of halogens is 2. The standard InChI is InChI=1S/C17H12Cl2N2O2/c1-10(22)21-9-15(14-8-12(19)5-6-16(14)21)17(23)20-13-4-2-3-11(18)7-13/h2-9H,1H3,(H,20,23). The molecule has 0 aliphatic heterocycles. The Morgan fingerprint density at radius 2 is 1.78 bits per heavy atom. The average molecular weight is 347 g/mol. The first-order valence-electron chi connectivity index (χ1n) is 6.84. The van der Waals surface area contributed by atoms with Gasteiger partial charge in [-0.05, 0) is 36.4 Å². The van der Waals surface area contributed by atoms with Crippen molar-refractivity contribution in [3.8, 4) is 0 Å². The van der Waals surface area contributed by atoms with Crippen LogP contribution in [0.15, 0.2) is 48.7 Å². The van der Waals surface area contributed by atoms with E-state index in [0.717, 1.165) is 0 Å². The molecule has 0 aliphatic carbocycles. The van der Waals surface area contributed by atoms with Crippen LogP contribution in [0.4, 0.5) is 5.69 Å². The van der Waals surface area contributed by atoms with Crippen LogP contribution in [-0.2, 0) is 0 Å². The molecule has 3 rings (SSSR count). The Hall–Kier alpha value is -2.30. The van der Waals surface area contributed by atoms with Crippen molar-refractivity contribution >= 4 is 51.6 Å². The first kappa shape index (κ1) is 15.6. The summed E-state index contributed by atoms with van der Waals surface area (Å²) in [7, 11) is 0. The van der Waals surface area contributed by atoms with Crippen LogP contribution in [0.5, 0.6) is 0 Å².